The van der Waals surface area contributed by atoms with Gasteiger partial charge in [0.1, 0.15) is 0 Å². The molecule has 5 rings (SSSR count). The molecule has 2 aliphatic heterocycles. The molecule has 6 nitrogen and oxygen atoms in total. The summed E-state index contributed by atoms with van der Waals surface area (Å²) < 4.78 is 1.87. The number of pyridine rings is 3. The van der Waals surface area contributed by atoms with Gasteiger partial charge in [-0.3, -0.25) is 19.6 Å². The minimum Gasteiger partial charge on any atom is -0.338 e. The number of rotatable bonds is 2. The van der Waals surface area contributed by atoms with Crippen molar-refractivity contribution < 1.29 is 4.79 Å². The molecule has 0 saturated carbocycles. The van der Waals surface area contributed by atoms with E-state index >= 15 is 0 Å². The second-order valence-electron chi connectivity index (χ2n) is 7.73. The van der Waals surface area contributed by atoms with Crippen LogP contribution in [-0.4, -0.2) is 38.4 Å². The molecule has 0 spiro atoms. The van der Waals surface area contributed by atoms with E-state index in [2.05, 4.69) is 16.0 Å². The summed E-state index contributed by atoms with van der Waals surface area (Å²) in [5, 5.41) is 0.449. The van der Waals surface area contributed by atoms with Crippen LogP contribution in [0.25, 0.3) is 11.3 Å². The first-order valence-electron chi connectivity index (χ1n) is 9.64. The summed E-state index contributed by atoms with van der Waals surface area (Å²) in [6.07, 6.45) is 5.77. The summed E-state index contributed by atoms with van der Waals surface area (Å²) in [4.78, 5) is 36.1. The third kappa shape index (κ3) is 3.34. The Morgan fingerprint density at radius 3 is 2.79 bits per heavy atom. The number of piperidine rings is 1. The first kappa shape index (κ1) is 18.1. The molecule has 2 atom stereocenters. The van der Waals surface area contributed by atoms with Gasteiger partial charge in [-0.05, 0) is 36.6 Å². The molecular weight excluding hydrogens is 388 g/mol. The van der Waals surface area contributed by atoms with Crippen LogP contribution in [-0.2, 0) is 6.54 Å². The molecule has 1 amide bonds. The Bertz CT molecular complexity index is 1150. The highest BCUT2D eigenvalue weighted by Crippen LogP contribution is 2.36. The molecule has 1 saturated heterocycles. The summed E-state index contributed by atoms with van der Waals surface area (Å²) in [5.41, 5.74) is 3.08. The van der Waals surface area contributed by atoms with Crippen LogP contribution in [0.3, 0.4) is 0 Å². The van der Waals surface area contributed by atoms with Gasteiger partial charge in [-0.1, -0.05) is 17.7 Å². The number of likely N-dealkylation sites (tertiary alicyclic amines) is 1. The number of hydrogen-bond acceptors (Lipinski definition) is 4. The molecule has 29 heavy (non-hydrogen) atoms. The van der Waals surface area contributed by atoms with E-state index in [1.54, 1.807) is 24.5 Å². The zero-order valence-electron chi connectivity index (χ0n) is 15.7. The fraction of sp³-hybridized carbons (Fsp3) is 0.273. The maximum absolute atomic E-state index is 13.0. The average Bonchev–Trinajstić information content (AvgIpc) is 2.74. The highest BCUT2D eigenvalue weighted by molar-refractivity contribution is 6.30. The van der Waals surface area contributed by atoms with Crippen molar-refractivity contribution in [3.63, 3.8) is 0 Å². The third-order valence-corrected chi connectivity index (χ3v) is 5.96. The van der Waals surface area contributed by atoms with Crippen molar-refractivity contribution in [3.05, 3.63) is 81.6 Å². The highest BCUT2D eigenvalue weighted by Gasteiger charge is 2.37. The highest BCUT2D eigenvalue weighted by atomic mass is 35.5. The molecule has 0 aromatic carbocycles. The van der Waals surface area contributed by atoms with Crippen molar-refractivity contribution in [2.24, 2.45) is 5.92 Å². The normalized spacial score (nSPS) is 20.2. The number of carbonyl (C=O) groups is 1. The molecule has 3 aromatic heterocycles. The topological polar surface area (TPSA) is 68.1 Å². The Morgan fingerprint density at radius 1 is 1.10 bits per heavy atom. The molecule has 5 heterocycles. The van der Waals surface area contributed by atoms with Gasteiger partial charge in [-0.2, -0.15) is 0 Å². The predicted molar refractivity (Wildman–Crippen MR) is 110 cm³/mol. The summed E-state index contributed by atoms with van der Waals surface area (Å²) in [6, 6.07) is 11.0. The van der Waals surface area contributed by atoms with Gasteiger partial charge in [0.15, 0.2) is 0 Å². The van der Waals surface area contributed by atoms with Crippen molar-refractivity contribution in [1.82, 2.24) is 19.4 Å². The summed E-state index contributed by atoms with van der Waals surface area (Å²) in [5.74, 6) is 0.317. The fourth-order valence-electron chi connectivity index (χ4n) is 4.52. The first-order valence-corrected chi connectivity index (χ1v) is 10.0. The van der Waals surface area contributed by atoms with Gasteiger partial charge in [0, 0.05) is 61.5 Å². The fourth-order valence-corrected chi connectivity index (χ4v) is 4.69. The monoisotopic (exact) mass is 406 g/mol. The Balaban J connectivity index is 1.49. The van der Waals surface area contributed by atoms with Crippen LogP contribution in [0.4, 0.5) is 0 Å². The molecule has 3 aromatic rings. The molecule has 146 valence electrons. The summed E-state index contributed by atoms with van der Waals surface area (Å²) >= 11 is 6.01. The number of aromatic nitrogens is 3. The van der Waals surface area contributed by atoms with Crippen LogP contribution in [0.1, 0.15) is 28.4 Å². The smallest absolute Gasteiger partial charge is 0.255 e. The molecular formula is C22H19ClN4O2. The van der Waals surface area contributed by atoms with E-state index in [4.69, 9.17) is 11.6 Å². The quantitative estimate of drug-likeness (QED) is 0.655. The molecule has 0 N–H and O–H groups in total. The number of amides is 1. The van der Waals surface area contributed by atoms with E-state index in [9.17, 15) is 9.59 Å². The maximum atomic E-state index is 13.0. The van der Waals surface area contributed by atoms with Crippen LogP contribution in [0.15, 0.2) is 59.8 Å². The van der Waals surface area contributed by atoms with Crippen molar-refractivity contribution in [1.29, 1.82) is 0 Å². The largest absolute Gasteiger partial charge is 0.338 e. The molecule has 0 radical (unpaired) electrons. The van der Waals surface area contributed by atoms with Crippen molar-refractivity contribution in [2.75, 3.05) is 13.1 Å². The lowest BCUT2D eigenvalue weighted by atomic mass is 9.82. The van der Waals surface area contributed by atoms with E-state index in [-0.39, 0.29) is 23.3 Å². The van der Waals surface area contributed by atoms with Gasteiger partial charge in [0.25, 0.3) is 11.5 Å². The summed E-state index contributed by atoms with van der Waals surface area (Å²) in [7, 11) is 0. The van der Waals surface area contributed by atoms with Crippen molar-refractivity contribution >= 4 is 17.5 Å². The number of carbonyl (C=O) groups excluding carboxylic acids is 1. The Kier molecular flexibility index (Phi) is 4.43. The zero-order chi connectivity index (χ0) is 20.0. The SMILES string of the molecule is O=C(c1cncc(Cl)c1)N1C[C@@H]2C[C@H](C1)c1cc(-c3ccccn3)cc(=O)n1C2. The molecule has 1 fully saturated rings. The minimum atomic E-state index is -0.0635. The molecule has 7 heteroatoms. The second-order valence-corrected chi connectivity index (χ2v) is 8.17. The summed E-state index contributed by atoms with van der Waals surface area (Å²) in [6.45, 7) is 1.84. The standard InChI is InChI=1S/C22H19ClN4O2/c23-18-6-16(9-24-10-18)22(29)26-11-14-5-17(13-26)20-7-15(8-21(28)27(20)12-14)19-3-1-2-4-25-19/h1-4,6-10,14,17H,5,11-13H2/t14-,17+/m0/s1. The third-order valence-electron chi connectivity index (χ3n) is 5.76. The molecule has 0 unspecified atom stereocenters. The Hall–Kier alpha value is -2.99. The van der Waals surface area contributed by atoms with Crippen LogP contribution in [0.2, 0.25) is 5.02 Å². The lowest BCUT2D eigenvalue weighted by molar-refractivity contribution is 0.0594. The van der Waals surface area contributed by atoms with E-state index in [1.807, 2.05) is 27.7 Å². The van der Waals surface area contributed by atoms with Gasteiger partial charge in [-0.15, -0.1) is 0 Å². The van der Waals surface area contributed by atoms with E-state index in [0.717, 1.165) is 23.4 Å². The van der Waals surface area contributed by atoms with Crippen LogP contribution >= 0.6 is 11.6 Å². The second kappa shape index (κ2) is 7.12. The lowest BCUT2D eigenvalue weighted by Crippen LogP contribution is -2.49. The van der Waals surface area contributed by atoms with Crippen molar-refractivity contribution in [3.8, 4) is 11.3 Å². The van der Waals surface area contributed by atoms with Gasteiger partial charge < -0.3 is 9.47 Å². The van der Waals surface area contributed by atoms with Gasteiger partial charge in [-0.25, -0.2) is 0 Å². The maximum Gasteiger partial charge on any atom is 0.255 e. The van der Waals surface area contributed by atoms with Gasteiger partial charge in [0.2, 0.25) is 0 Å². The van der Waals surface area contributed by atoms with Gasteiger partial charge in [0.05, 0.1) is 16.3 Å². The minimum absolute atomic E-state index is 0.00308. The Labute approximate surface area is 172 Å². The number of nitrogens with zero attached hydrogens (tertiary/aromatic N) is 4. The van der Waals surface area contributed by atoms with Crippen LogP contribution in [0, 0.1) is 5.92 Å². The number of halogens is 1. The van der Waals surface area contributed by atoms with Crippen LogP contribution in [0.5, 0.6) is 0 Å². The Morgan fingerprint density at radius 2 is 2.00 bits per heavy atom. The molecule has 0 aliphatic carbocycles. The molecule has 2 aliphatic rings. The zero-order valence-corrected chi connectivity index (χ0v) is 16.4. The van der Waals surface area contributed by atoms with E-state index < -0.39 is 0 Å². The number of hydrogen-bond donors (Lipinski definition) is 0. The average molecular weight is 407 g/mol. The molecule has 2 bridgehead atoms. The van der Waals surface area contributed by atoms with E-state index in [1.165, 1.54) is 6.20 Å². The van der Waals surface area contributed by atoms with Gasteiger partial charge >= 0.3 is 0 Å². The van der Waals surface area contributed by atoms with E-state index in [0.29, 0.717) is 30.2 Å². The lowest BCUT2D eigenvalue weighted by Gasteiger charge is -2.43. The first-order chi connectivity index (χ1) is 14.1. The van der Waals surface area contributed by atoms with Crippen LogP contribution < -0.4 is 5.56 Å². The predicted octanol–water partition coefficient (Wildman–Crippen LogP) is 3.22. The number of fused-ring (bicyclic) bond motifs is 4. The van der Waals surface area contributed by atoms with Crippen molar-refractivity contribution in [2.45, 2.75) is 18.9 Å².